The van der Waals surface area contributed by atoms with Gasteiger partial charge in [0.15, 0.2) is 0 Å². The first-order valence-corrected chi connectivity index (χ1v) is 10.8. The molecule has 4 nitrogen and oxygen atoms in total. The summed E-state index contributed by atoms with van der Waals surface area (Å²) in [5, 5.41) is 13.1. The van der Waals surface area contributed by atoms with Crippen molar-refractivity contribution >= 4 is 34.7 Å². The van der Waals surface area contributed by atoms with Crippen LogP contribution >= 0.6 is 23.2 Å². The first-order chi connectivity index (χ1) is 13.4. The van der Waals surface area contributed by atoms with E-state index in [0.717, 1.165) is 31.6 Å². The summed E-state index contributed by atoms with van der Waals surface area (Å²) in [6.45, 7) is 8.88. The number of hydrogen-bond donors (Lipinski definition) is 2. The molecule has 4 rings (SSSR count). The predicted molar refractivity (Wildman–Crippen MR) is 116 cm³/mol. The van der Waals surface area contributed by atoms with E-state index in [4.69, 9.17) is 23.2 Å². The Morgan fingerprint density at radius 2 is 1.89 bits per heavy atom. The lowest BCUT2D eigenvalue weighted by atomic mass is 9.95. The molecule has 1 atom stereocenters. The first-order valence-electron chi connectivity index (χ1n) is 10.0. The van der Waals surface area contributed by atoms with Crippen molar-refractivity contribution in [1.29, 1.82) is 0 Å². The molecular formula is C22H28Cl2N3O+. The summed E-state index contributed by atoms with van der Waals surface area (Å²) in [5.41, 5.74) is 6.10. The number of piperidine rings is 1. The van der Waals surface area contributed by atoms with E-state index in [1.165, 1.54) is 28.3 Å². The molecule has 1 unspecified atom stereocenters. The van der Waals surface area contributed by atoms with Crippen molar-refractivity contribution in [2.75, 3.05) is 19.7 Å². The highest BCUT2D eigenvalue weighted by molar-refractivity contribution is 6.35. The van der Waals surface area contributed by atoms with Gasteiger partial charge in [0.2, 0.25) is 5.82 Å². The number of rotatable bonds is 3. The molecule has 2 aliphatic heterocycles. The Labute approximate surface area is 176 Å². The Hall–Kier alpha value is -1.46. The number of nitrogens with two attached hydrogens (primary N) is 1. The molecule has 0 aliphatic carbocycles. The number of hydrogen-bond acceptors (Lipinski definition) is 2. The van der Waals surface area contributed by atoms with Gasteiger partial charge in [-0.3, -0.25) is 9.88 Å². The number of aromatic nitrogens is 1. The van der Waals surface area contributed by atoms with E-state index in [9.17, 15) is 5.11 Å². The van der Waals surface area contributed by atoms with E-state index in [-0.39, 0.29) is 0 Å². The van der Waals surface area contributed by atoms with Crippen LogP contribution in [-0.4, -0.2) is 40.3 Å². The number of aliphatic hydroxyl groups excluding tert-OH is 1. The maximum atomic E-state index is 9.48. The molecule has 6 heteroatoms. The molecule has 1 saturated heterocycles. The molecule has 1 aromatic heterocycles. The van der Waals surface area contributed by atoms with Crippen molar-refractivity contribution in [3.05, 3.63) is 51.1 Å². The minimum Gasteiger partial charge on any atom is -0.396 e. The number of nitrogens with zero attached hydrogens (tertiary/aromatic N) is 2. The fourth-order valence-corrected chi connectivity index (χ4v) is 5.03. The number of likely N-dealkylation sites (tertiary alicyclic amines) is 1. The van der Waals surface area contributed by atoms with Crippen LogP contribution in [0.15, 0.2) is 24.3 Å². The topological polar surface area (TPSA) is 45.0 Å². The van der Waals surface area contributed by atoms with E-state index in [2.05, 4.69) is 41.6 Å². The fourth-order valence-electron chi connectivity index (χ4n) is 4.54. The molecule has 2 aliphatic rings. The SMILES string of the molecule is Cc1c2c(n(-c3ccc(Cl)cc3Cl)c1C)[NH2+]C(C)C=C2N1CCC(CO)CC1. The van der Waals surface area contributed by atoms with Crippen LogP contribution in [0.1, 0.15) is 36.6 Å². The highest BCUT2D eigenvalue weighted by Crippen LogP contribution is 2.39. The van der Waals surface area contributed by atoms with E-state index in [0.29, 0.717) is 28.6 Å². The molecular weight excluding hydrogens is 393 g/mol. The fraction of sp³-hybridized carbons (Fsp3) is 0.455. The van der Waals surface area contributed by atoms with Crippen LogP contribution in [0, 0.1) is 19.8 Å². The predicted octanol–water partition coefficient (Wildman–Crippen LogP) is 4.04. The van der Waals surface area contributed by atoms with Crippen LogP contribution in [0.3, 0.4) is 0 Å². The summed E-state index contributed by atoms with van der Waals surface area (Å²) in [4.78, 5) is 2.49. The molecule has 0 amide bonds. The standard InChI is InChI=1S/C22H27Cl2N3O/c1-13-10-20(26-8-6-16(12-28)7-9-26)21-14(2)15(3)27(22(21)25-13)19-5-4-17(23)11-18(19)24/h4-5,10-11,13,16,25,28H,6-9,12H2,1-3H3/p+1. The summed E-state index contributed by atoms with van der Waals surface area (Å²) in [5.74, 6) is 1.65. The third-order valence-electron chi connectivity index (χ3n) is 6.21. The molecule has 0 radical (unpaired) electrons. The van der Waals surface area contributed by atoms with Crippen molar-refractivity contribution in [3.8, 4) is 5.69 Å². The van der Waals surface area contributed by atoms with Gasteiger partial charge in [-0.2, -0.15) is 0 Å². The van der Waals surface area contributed by atoms with Gasteiger partial charge in [0, 0.05) is 30.4 Å². The lowest BCUT2D eigenvalue weighted by molar-refractivity contribution is -0.601. The summed E-state index contributed by atoms with van der Waals surface area (Å²) in [6.07, 6.45) is 4.47. The summed E-state index contributed by atoms with van der Waals surface area (Å²) < 4.78 is 2.27. The van der Waals surface area contributed by atoms with Crippen molar-refractivity contribution in [2.24, 2.45) is 5.92 Å². The maximum Gasteiger partial charge on any atom is 0.219 e. The first kappa shape index (κ1) is 19.8. The molecule has 150 valence electrons. The zero-order valence-electron chi connectivity index (χ0n) is 16.7. The highest BCUT2D eigenvalue weighted by atomic mass is 35.5. The third-order valence-corrected chi connectivity index (χ3v) is 6.75. The van der Waals surface area contributed by atoms with Gasteiger partial charge >= 0.3 is 0 Å². The van der Waals surface area contributed by atoms with E-state index in [1.54, 1.807) is 0 Å². The van der Waals surface area contributed by atoms with E-state index >= 15 is 0 Å². The summed E-state index contributed by atoms with van der Waals surface area (Å²) >= 11 is 12.7. The average Bonchev–Trinajstić information content (AvgIpc) is 2.92. The number of halogens is 2. The van der Waals surface area contributed by atoms with E-state index in [1.807, 2.05) is 18.2 Å². The number of benzene rings is 1. The second-order valence-electron chi connectivity index (χ2n) is 8.09. The molecule has 2 aromatic rings. The van der Waals surface area contributed by atoms with Crippen LogP contribution in [0.5, 0.6) is 0 Å². The van der Waals surface area contributed by atoms with Crippen LogP contribution < -0.4 is 5.32 Å². The lowest BCUT2D eigenvalue weighted by Gasteiger charge is -2.36. The van der Waals surface area contributed by atoms with Crippen molar-refractivity contribution < 1.29 is 10.4 Å². The third kappa shape index (κ3) is 3.37. The van der Waals surface area contributed by atoms with Gasteiger partial charge in [0.1, 0.15) is 6.04 Å². The second kappa shape index (κ2) is 7.75. The van der Waals surface area contributed by atoms with Crippen LogP contribution in [0.2, 0.25) is 10.0 Å². The molecule has 0 saturated carbocycles. The molecule has 3 N–H and O–H groups in total. The number of fused-ring (bicyclic) bond motifs is 1. The zero-order valence-corrected chi connectivity index (χ0v) is 18.2. The van der Waals surface area contributed by atoms with Crippen molar-refractivity contribution in [1.82, 2.24) is 9.47 Å². The summed E-state index contributed by atoms with van der Waals surface area (Å²) in [7, 11) is 0. The van der Waals surface area contributed by atoms with Crippen LogP contribution in [0.25, 0.3) is 11.4 Å². The quantitative estimate of drug-likeness (QED) is 0.786. The van der Waals surface area contributed by atoms with Crippen LogP contribution in [-0.2, 0) is 0 Å². The molecule has 0 bridgehead atoms. The van der Waals surface area contributed by atoms with Gasteiger partial charge in [-0.1, -0.05) is 23.2 Å². The number of quaternary nitrogens is 1. The van der Waals surface area contributed by atoms with Gasteiger partial charge in [0.25, 0.3) is 0 Å². The monoisotopic (exact) mass is 420 g/mol. The Balaban J connectivity index is 1.80. The van der Waals surface area contributed by atoms with Gasteiger partial charge in [-0.05, 0) is 69.4 Å². The Kier molecular flexibility index (Phi) is 5.49. The van der Waals surface area contributed by atoms with Crippen LogP contribution in [0.4, 0.5) is 5.82 Å². The smallest absolute Gasteiger partial charge is 0.219 e. The Morgan fingerprint density at radius 3 is 2.54 bits per heavy atom. The van der Waals surface area contributed by atoms with Gasteiger partial charge in [-0.25, -0.2) is 0 Å². The Bertz CT molecular complexity index is 926. The zero-order chi connectivity index (χ0) is 20.0. The molecule has 3 heterocycles. The second-order valence-corrected chi connectivity index (χ2v) is 8.94. The average molecular weight is 421 g/mol. The maximum absolute atomic E-state index is 9.48. The van der Waals surface area contributed by atoms with Crippen molar-refractivity contribution in [3.63, 3.8) is 0 Å². The number of aliphatic hydroxyl groups is 1. The lowest BCUT2D eigenvalue weighted by Crippen LogP contribution is -2.85. The van der Waals surface area contributed by atoms with Crippen molar-refractivity contribution in [2.45, 2.75) is 39.7 Å². The largest absolute Gasteiger partial charge is 0.396 e. The molecule has 0 spiro atoms. The Morgan fingerprint density at radius 1 is 1.18 bits per heavy atom. The van der Waals surface area contributed by atoms with Gasteiger partial charge < -0.3 is 10.0 Å². The minimum absolute atomic E-state index is 0.298. The van der Waals surface area contributed by atoms with Gasteiger partial charge in [0.05, 0.1) is 22.0 Å². The molecule has 1 fully saturated rings. The summed E-state index contributed by atoms with van der Waals surface area (Å²) in [6, 6.07) is 6.05. The normalized spacial score (nSPS) is 20.3. The molecule has 1 aromatic carbocycles. The van der Waals surface area contributed by atoms with Gasteiger partial charge in [-0.15, -0.1) is 0 Å². The highest BCUT2D eigenvalue weighted by Gasteiger charge is 2.33. The minimum atomic E-state index is 0.298. The van der Waals surface area contributed by atoms with E-state index < -0.39 is 0 Å². The molecule has 28 heavy (non-hydrogen) atoms.